The molecule has 0 radical (unpaired) electrons. The van der Waals surface area contributed by atoms with Crippen LogP contribution >= 0.6 is 0 Å². The minimum Gasteiger partial charge on any atom is -0.316 e. The molecule has 5 nitrogen and oxygen atoms in total. The van der Waals surface area contributed by atoms with Crippen LogP contribution in [0.1, 0.15) is 18.4 Å². The Labute approximate surface area is 154 Å². The molecule has 1 fully saturated rings. The fourth-order valence-electron chi connectivity index (χ4n) is 3.66. The number of para-hydroxylation sites is 1. The average molecular weight is 347 g/mol. The van der Waals surface area contributed by atoms with Gasteiger partial charge in [0.25, 0.3) is 0 Å². The molecule has 5 heteroatoms. The number of piperidine rings is 1. The molecule has 1 aromatic carbocycles. The van der Waals surface area contributed by atoms with Gasteiger partial charge in [0.2, 0.25) is 0 Å². The Bertz CT molecular complexity index is 828. The van der Waals surface area contributed by atoms with Crippen LogP contribution in [0, 0.1) is 0 Å². The Kier molecular flexibility index (Phi) is 5.09. The summed E-state index contributed by atoms with van der Waals surface area (Å²) in [5.41, 5.74) is 4.42. The van der Waals surface area contributed by atoms with Gasteiger partial charge in [-0.05, 0) is 50.7 Å². The quantitative estimate of drug-likeness (QED) is 0.770. The Balaban J connectivity index is 1.67. The zero-order chi connectivity index (χ0) is 17.8. The minimum absolute atomic E-state index is 0.578. The third-order valence-electron chi connectivity index (χ3n) is 5.05. The second-order valence-electron chi connectivity index (χ2n) is 6.89. The van der Waals surface area contributed by atoms with Crippen molar-refractivity contribution in [3.63, 3.8) is 0 Å². The maximum absolute atomic E-state index is 4.89. The van der Waals surface area contributed by atoms with E-state index in [0.29, 0.717) is 6.04 Å². The van der Waals surface area contributed by atoms with E-state index in [4.69, 9.17) is 5.10 Å². The molecule has 1 saturated heterocycles. The smallest absolute Gasteiger partial charge is 0.0988 e. The molecule has 0 bridgehead atoms. The minimum atomic E-state index is 0.578. The third-order valence-corrected chi connectivity index (χ3v) is 5.05. The van der Waals surface area contributed by atoms with Gasteiger partial charge in [-0.2, -0.15) is 5.10 Å². The standard InChI is InChI=1S/C21H25N5/c1-22-19-8-6-12-25(16-19)14-18-15-26(20-9-3-2-4-10-20)24-21(18)17-7-5-11-23-13-17/h2-5,7,9-11,13,15,19,22H,6,8,12,14,16H2,1H3. The van der Waals surface area contributed by atoms with Crippen LogP contribution in [-0.4, -0.2) is 45.8 Å². The number of nitrogens with zero attached hydrogens (tertiary/aromatic N) is 4. The van der Waals surface area contributed by atoms with Crippen molar-refractivity contribution in [2.24, 2.45) is 0 Å². The van der Waals surface area contributed by atoms with Crippen molar-refractivity contribution in [3.05, 3.63) is 66.6 Å². The molecule has 1 unspecified atom stereocenters. The van der Waals surface area contributed by atoms with E-state index in [1.807, 2.05) is 35.1 Å². The first kappa shape index (κ1) is 16.9. The number of likely N-dealkylation sites (tertiary alicyclic amines) is 1. The van der Waals surface area contributed by atoms with Gasteiger partial charge in [0.1, 0.15) is 0 Å². The van der Waals surface area contributed by atoms with Gasteiger partial charge in [-0.3, -0.25) is 9.88 Å². The molecule has 1 atom stereocenters. The van der Waals surface area contributed by atoms with E-state index in [1.165, 1.54) is 18.4 Å². The number of nitrogens with one attached hydrogen (secondary N) is 1. The van der Waals surface area contributed by atoms with Crippen LogP contribution in [0.4, 0.5) is 0 Å². The summed E-state index contributed by atoms with van der Waals surface area (Å²) in [4.78, 5) is 6.81. The molecule has 134 valence electrons. The van der Waals surface area contributed by atoms with Crippen LogP contribution < -0.4 is 5.32 Å². The maximum atomic E-state index is 4.89. The zero-order valence-corrected chi connectivity index (χ0v) is 15.2. The van der Waals surface area contributed by atoms with Crippen LogP contribution in [0.3, 0.4) is 0 Å². The fraction of sp³-hybridized carbons (Fsp3) is 0.333. The van der Waals surface area contributed by atoms with Gasteiger partial charge < -0.3 is 5.32 Å². The zero-order valence-electron chi connectivity index (χ0n) is 15.2. The van der Waals surface area contributed by atoms with E-state index in [0.717, 1.165) is 36.6 Å². The molecule has 1 N–H and O–H groups in total. The van der Waals surface area contributed by atoms with E-state index >= 15 is 0 Å². The van der Waals surface area contributed by atoms with Crippen LogP contribution in [0.25, 0.3) is 16.9 Å². The highest BCUT2D eigenvalue weighted by Crippen LogP contribution is 2.25. The monoisotopic (exact) mass is 347 g/mol. The third kappa shape index (κ3) is 3.69. The van der Waals surface area contributed by atoms with Crippen molar-refractivity contribution in [1.29, 1.82) is 0 Å². The predicted molar refractivity (Wildman–Crippen MR) is 104 cm³/mol. The number of hydrogen-bond donors (Lipinski definition) is 1. The van der Waals surface area contributed by atoms with Crippen LogP contribution in [0.15, 0.2) is 61.1 Å². The number of likely N-dealkylation sites (N-methyl/N-ethyl adjacent to an activating group) is 1. The summed E-state index contributed by atoms with van der Waals surface area (Å²) in [6, 6.07) is 14.9. The molecule has 0 spiro atoms. The SMILES string of the molecule is CNC1CCCN(Cc2cn(-c3ccccc3)nc2-c2cccnc2)C1. The summed E-state index contributed by atoms with van der Waals surface area (Å²) in [7, 11) is 2.06. The lowest BCUT2D eigenvalue weighted by atomic mass is 10.0. The number of rotatable bonds is 5. The molecule has 1 aliphatic rings. The normalized spacial score (nSPS) is 18.1. The molecule has 0 saturated carbocycles. The van der Waals surface area contributed by atoms with E-state index in [-0.39, 0.29) is 0 Å². The molecule has 3 heterocycles. The second kappa shape index (κ2) is 7.81. The number of pyridine rings is 1. The number of aromatic nitrogens is 3. The predicted octanol–water partition coefficient (Wildman–Crippen LogP) is 3.12. The van der Waals surface area contributed by atoms with Crippen molar-refractivity contribution in [1.82, 2.24) is 25.0 Å². The molecule has 2 aromatic heterocycles. The second-order valence-corrected chi connectivity index (χ2v) is 6.89. The summed E-state index contributed by atoms with van der Waals surface area (Å²) >= 11 is 0. The van der Waals surface area contributed by atoms with Crippen molar-refractivity contribution >= 4 is 0 Å². The van der Waals surface area contributed by atoms with Crippen molar-refractivity contribution < 1.29 is 0 Å². The topological polar surface area (TPSA) is 46.0 Å². The first-order valence-electron chi connectivity index (χ1n) is 9.27. The Morgan fingerprint density at radius 3 is 2.81 bits per heavy atom. The average Bonchev–Trinajstić information content (AvgIpc) is 3.13. The van der Waals surface area contributed by atoms with Crippen LogP contribution in [0.2, 0.25) is 0 Å². The lowest BCUT2D eigenvalue weighted by Gasteiger charge is -2.32. The van der Waals surface area contributed by atoms with Gasteiger partial charge in [-0.1, -0.05) is 18.2 Å². The van der Waals surface area contributed by atoms with Gasteiger partial charge >= 0.3 is 0 Å². The summed E-state index contributed by atoms with van der Waals surface area (Å²) in [6.07, 6.45) is 8.36. The first-order valence-corrected chi connectivity index (χ1v) is 9.27. The summed E-state index contributed by atoms with van der Waals surface area (Å²) in [5, 5.41) is 8.31. The molecule has 4 rings (SSSR count). The highest BCUT2D eigenvalue weighted by atomic mass is 15.3. The van der Waals surface area contributed by atoms with Gasteiger partial charge in [-0.25, -0.2) is 4.68 Å². The van der Waals surface area contributed by atoms with Gasteiger partial charge in [-0.15, -0.1) is 0 Å². The Hall–Kier alpha value is -2.50. The Morgan fingerprint density at radius 2 is 2.04 bits per heavy atom. The molecule has 3 aromatic rings. The summed E-state index contributed by atoms with van der Waals surface area (Å²) < 4.78 is 1.98. The molecule has 1 aliphatic heterocycles. The maximum Gasteiger partial charge on any atom is 0.0988 e. The van der Waals surface area contributed by atoms with Gasteiger partial charge in [0.05, 0.1) is 11.4 Å². The number of hydrogen-bond acceptors (Lipinski definition) is 4. The summed E-state index contributed by atoms with van der Waals surface area (Å²) in [5.74, 6) is 0. The Morgan fingerprint density at radius 1 is 1.15 bits per heavy atom. The lowest BCUT2D eigenvalue weighted by molar-refractivity contribution is 0.188. The van der Waals surface area contributed by atoms with E-state index in [2.05, 4.69) is 46.6 Å². The highest BCUT2D eigenvalue weighted by Gasteiger charge is 2.21. The van der Waals surface area contributed by atoms with Crippen LogP contribution in [-0.2, 0) is 6.54 Å². The van der Waals surface area contributed by atoms with E-state index < -0.39 is 0 Å². The van der Waals surface area contributed by atoms with Crippen LogP contribution in [0.5, 0.6) is 0 Å². The van der Waals surface area contributed by atoms with E-state index in [9.17, 15) is 0 Å². The molecule has 0 amide bonds. The number of benzene rings is 1. The molecule has 26 heavy (non-hydrogen) atoms. The van der Waals surface area contributed by atoms with Gasteiger partial charge in [0.15, 0.2) is 0 Å². The fourth-order valence-corrected chi connectivity index (χ4v) is 3.66. The molecular formula is C21H25N5. The lowest BCUT2D eigenvalue weighted by Crippen LogP contribution is -2.43. The van der Waals surface area contributed by atoms with E-state index in [1.54, 1.807) is 6.20 Å². The van der Waals surface area contributed by atoms with Crippen molar-refractivity contribution in [2.45, 2.75) is 25.4 Å². The van der Waals surface area contributed by atoms with Gasteiger partial charge in [0, 0.05) is 48.8 Å². The first-order chi connectivity index (χ1) is 12.8. The van der Waals surface area contributed by atoms with Crippen molar-refractivity contribution in [2.75, 3.05) is 20.1 Å². The molecular weight excluding hydrogens is 322 g/mol. The van der Waals surface area contributed by atoms with Crippen molar-refractivity contribution in [3.8, 4) is 16.9 Å². The highest BCUT2D eigenvalue weighted by molar-refractivity contribution is 5.62. The molecule has 0 aliphatic carbocycles. The largest absolute Gasteiger partial charge is 0.316 e. The summed E-state index contributed by atoms with van der Waals surface area (Å²) in [6.45, 7) is 3.13.